The number of para-hydroxylation sites is 2. The standard InChI is InChI=1S/C16H18N2O3/c1-11-7-12(20-2)9-13(8-11)21-15-6-4-3-5-14(15)18-16(19)10-17/h3-9H,10,17H2,1-2H3,(H,18,19). The van der Waals surface area contributed by atoms with Crippen LogP contribution in [-0.2, 0) is 4.79 Å². The Labute approximate surface area is 123 Å². The molecule has 1 amide bonds. The number of amides is 1. The summed E-state index contributed by atoms with van der Waals surface area (Å²) in [6.45, 7) is 1.88. The van der Waals surface area contributed by atoms with Gasteiger partial charge in [-0.15, -0.1) is 0 Å². The summed E-state index contributed by atoms with van der Waals surface area (Å²) in [7, 11) is 1.61. The van der Waals surface area contributed by atoms with Crippen LogP contribution in [0.2, 0.25) is 0 Å². The molecule has 0 atom stereocenters. The molecule has 2 rings (SSSR count). The number of carbonyl (C=O) groups is 1. The third-order valence-electron chi connectivity index (χ3n) is 2.83. The van der Waals surface area contributed by atoms with E-state index < -0.39 is 0 Å². The van der Waals surface area contributed by atoms with E-state index in [0.29, 0.717) is 22.9 Å². The number of hydrogen-bond donors (Lipinski definition) is 2. The van der Waals surface area contributed by atoms with Crippen molar-refractivity contribution in [3.63, 3.8) is 0 Å². The Morgan fingerprint density at radius 1 is 1.19 bits per heavy atom. The largest absolute Gasteiger partial charge is 0.497 e. The summed E-state index contributed by atoms with van der Waals surface area (Å²) < 4.78 is 11.1. The number of benzene rings is 2. The molecule has 0 aliphatic heterocycles. The van der Waals surface area contributed by atoms with Crippen LogP contribution in [0, 0.1) is 6.92 Å². The highest BCUT2D eigenvalue weighted by Crippen LogP contribution is 2.31. The molecule has 0 aromatic heterocycles. The minimum absolute atomic E-state index is 0.0768. The van der Waals surface area contributed by atoms with E-state index in [1.807, 2.05) is 31.2 Å². The number of ether oxygens (including phenoxy) is 2. The van der Waals surface area contributed by atoms with Gasteiger partial charge in [-0.3, -0.25) is 4.79 Å². The summed E-state index contributed by atoms with van der Waals surface area (Å²) in [6.07, 6.45) is 0. The highest BCUT2D eigenvalue weighted by molar-refractivity contribution is 5.93. The van der Waals surface area contributed by atoms with Gasteiger partial charge in [-0.1, -0.05) is 12.1 Å². The van der Waals surface area contributed by atoms with Gasteiger partial charge in [0.05, 0.1) is 19.3 Å². The Bertz CT molecular complexity index is 641. The second-order valence-corrected chi connectivity index (χ2v) is 4.54. The first-order valence-corrected chi connectivity index (χ1v) is 6.55. The van der Waals surface area contributed by atoms with Gasteiger partial charge in [0.15, 0.2) is 5.75 Å². The Morgan fingerprint density at radius 2 is 1.90 bits per heavy atom. The average molecular weight is 286 g/mol. The number of carbonyl (C=O) groups excluding carboxylic acids is 1. The molecule has 21 heavy (non-hydrogen) atoms. The molecule has 0 saturated carbocycles. The summed E-state index contributed by atoms with van der Waals surface area (Å²) in [5.41, 5.74) is 6.91. The van der Waals surface area contributed by atoms with Gasteiger partial charge in [-0.2, -0.15) is 0 Å². The van der Waals surface area contributed by atoms with E-state index in [2.05, 4.69) is 5.32 Å². The lowest BCUT2D eigenvalue weighted by Crippen LogP contribution is -2.22. The summed E-state index contributed by atoms with van der Waals surface area (Å²) in [5.74, 6) is 1.63. The molecule has 3 N–H and O–H groups in total. The van der Waals surface area contributed by atoms with Crippen molar-refractivity contribution in [2.24, 2.45) is 5.73 Å². The van der Waals surface area contributed by atoms with Crippen LogP contribution in [0.1, 0.15) is 5.56 Å². The van der Waals surface area contributed by atoms with Crippen LogP contribution in [0.4, 0.5) is 5.69 Å². The van der Waals surface area contributed by atoms with Crippen LogP contribution < -0.4 is 20.5 Å². The van der Waals surface area contributed by atoms with E-state index in [0.717, 1.165) is 5.56 Å². The zero-order valence-corrected chi connectivity index (χ0v) is 12.1. The normalized spacial score (nSPS) is 10.0. The lowest BCUT2D eigenvalue weighted by Gasteiger charge is -2.13. The molecule has 0 bridgehead atoms. The summed E-state index contributed by atoms with van der Waals surface area (Å²) in [6, 6.07) is 12.8. The maximum Gasteiger partial charge on any atom is 0.238 e. The molecule has 0 spiro atoms. The van der Waals surface area contributed by atoms with Crippen molar-refractivity contribution in [3.05, 3.63) is 48.0 Å². The Kier molecular flexibility index (Phi) is 4.79. The van der Waals surface area contributed by atoms with Crippen LogP contribution in [-0.4, -0.2) is 19.6 Å². The molecule has 2 aromatic rings. The summed E-state index contributed by atoms with van der Waals surface area (Å²) >= 11 is 0. The van der Waals surface area contributed by atoms with Crippen molar-refractivity contribution >= 4 is 11.6 Å². The maximum atomic E-state index is 11.4. The van der Waals surface area contributed by atoms with Gasteiger partial charge in [0.25, 0.3) is 0 Å². The van der Waals surface area contributed by atoms with E-state index in [1.165, 1.54) is 0 Å². The van der Waals surface area contributed by atoms with Crippen molar-refractivity contribution in [3.8, 4) is 17.2 Å². The minimum atomic E-state index is -0.270. The van der Waals surface area contributed by atoms with E-state index in [-0.39, 0.29) is 12.5 Å². The smallest absolute Gasteiger partial charge is 0.238 e. The van der Waals surface area contributed by atoms with Crippen molar-refractivity contribution in [2.75, 3.05) is 19.0 Å². The number of nitrogens with two attached hydrogens (primary N) is 1. The lowest BCUT2D eigenvalue weighted by atomic mass is 10.2. The number of rotatable bonds is 5. The molecular weight excluding hydrogens is 268 g/mol. The van der Waals surface area contributed by atoms with E-state index in [4.69, 9.17) is 15.2 Å². The molecule has 0 aliphatic rings. The van der Waals surface area contributed by atoms with Crippen molar-refractivity contribution in [1.82, 2.24) is 0 Å². The molecule has 110 valence electrons. The molecule has 0 fully saturated rings. The van der Waals surface area contributed by atoms with Crippen molar-refractivity contribution in [1.29, 1.82) is 0 Å². The van der Waals surface area contributed by atoms with Gasteiger partial charge in [0, 0.05) is 6.07 Å². The number of hydrogen-bond acceptors (Lipinski definition) is 4. The van der Waals surface area contributed by atoms with Gasteiger partial charge in [0.1, 0.15) is 11.5 Å². The van der Waals surface area contributed by atoms with Crippen LogP contribution >= 0.6 is 0 Å². The topological polar surface area (TPSA) is 73.6 Å². The zero-order chi connectivity index (χ0) is 15.2. The molecule has 0 unspecified atom stereocenters. The SMILES string of the molecule is COc1cc(C)cc(Oc2ccccc2NC(=O)CN)c1. The summed E-state index contributed by atoms with van der Waals surface area (Å²) in [5, 5.41) is 2.70. The van der Waals surface area contributed by atoms with Crippen molar-refractivity contribution < 1.29 is 14.3 Å². The zero-order valence-electron chi connectivity index (χ0n) is 12.1. The highest BCUT2D eigenvalue weighted by Gasteiger charge is 2.08. The first-order chi connectivity index (χ1) is 10.1. The van der Waals surface area contributed by atoms with Crippen LogP contribution in [0.3, 0.4) is 0 Å². The lowest BCUT2D eigenvalue weighted by molar-refractivity contribution is -0.114. The molecule has 5 heteroatoms. The van der Waals surface area contributed by atoms with Crippen LogP contribution in [0.5, 0.6) is 17.2 Å². The second kappa shape index (κ2) is 6.76. The van der Waals surface area contributed by atoms with Gasteiger partial charge in [-0.05, 0) is 36.8 Å². The highest BCUT2D eigenvalue weighted by atomic mass is 16.5. The number of anilines is 1. The first-order valence-electron chi connectivity index (χ1n) is 6.55. The number of nitrogens with one attached hydrogen (secondary N) is 1. The molecular formula is C16H18N2O3. The third kappa shape index (κ3) is 3.97. The quantitative estimate of drug-likeness (QED) is 0.886. The molecule has 0 aliphatic carbocycles. The minimum Gasteiger partial charge on any atom is -0.497 e. The van der Waals surface area contributed by atoms with E-state index >= 15 is 0 Å². The fraction of sp³-hybridized carbons (Fsp3) is 0.188. The predicted octanol–water partition coefficient (Wildman–Crippen LogP) is 2.69. The Balaban J connectivity index is 2.27. The predicted molar refractivity (Wildman–Crippen MR) is 81.9 cm³/mol. The van der Waals surface area contributed by atoms with Crippen LogP contribution in [0.25, 0.3) is 0 Å². The molecule has 2 aromatic carbocycles. The first kappa shape index (κ1) is 14.9. The monoisotopic (exact) mass is 286 g/mol. The van der Waals surface area contributed by atoms with Gasteiger partial charge < -0.3 is 20.5 Å². The fourth-order valence-electron chi connectivity index (χ4n) is 1.88. The van der Waals surface area contributed by atoms with E-state index in [9.17, 15) is 4.79 Å². The molecule has 5 nitrogen and oxygen atoms in total. The molecule has 0 saturated heterocycles. The summed E-state index contributed by atoms with van der Waals surface area (Å²) in [4.78, 5) is 11.4. The third-order valence-corrected chi connectivity index (χ3v) is 2.83. The molecule has 0 heterocycles. The van der Waals surface area contributed by atoms with Gasteiger partial charge >= 0.3 is 0 Å². The van der Waals surface area contributed by atoms with Gasteiger partial charge in [-0.25, -0.2) is 0 Å². The Morgan fingerprint density at radius 3 is 2.62 bits per heavy atom. The second-order valence-electron chi connectivity index (χ2n) is 4.54. The maximum absolute atomic E-state index is 11.4. The Hall–Kier alpha value is -2.53. The number of methoxy groups -OCH3 is 1. The van der Waals surface area contributed by atoms with Crippen molar-refractivity contribution in [2.45, 2.75) is 6.92 Å². The van der Waals surface area contributed by atoms with E-state index in [1.54, 1.807) is 25.3 Å². The van der Waals surface area contributed by atoms with Gasteiger partial charge in [0.2, 0.25) is 5.91 Å². The number of aryl methyl sites for hydroxylation is 1. The van der Waals surface area contributed by atoms with Crippen LogP contribution in [0.15, 0.2) is 42.5 Å². The average Bonchev–Trinajstić information content (AvgIpc) is 2.48. The molecule has 0 radical (unpaired) electrons. The fourth-order valence-corrected chi connectivity index (χ4v) is 1.88.